The third-order valence-electron chi connectivity index (χ3n) is 2.28. The molecule has 1 aromatic rings. The zero-order valence-electron chi connectivity index (χ0n) is 8.70. The Kier molecular flexibility index (Phi) is 3.73. The Balaban J connectivity index is 1.95. The van der Waals surface area contributed by atoms with Crippen LogP contribution in [0.5, 0.6) is 0 Å². The van der Waals surface area contributed by atoms with E-state index in [-0.39, 0.29) is 12.5 Å². The molecule has 8 heteroatoms. The van der Waals surface area contributed by atoms with Gasteiger partial charge in [0.1, 0.15) is 6.54 Å². The molecule has 0 saturated carbocycles. The smallest absolute Gasteiger partial charge is 0.244 e. The fourth-order valence-corrected chi connectivity index (χ4v) is 1.78. The summed E-state index contributed by atoms with van der Waals surface area (Å²) < 4.78 is 6.63. The molecule has 16 heavy (non-hydrogen) atoms. The molecule has 0 unspecified atom stereocenters. The van der Waals surface area contributed by atoms with Crippen LogP contribution in [0.4, 0.5) is 0 Å². The molecular weight excluding hydrogens is 230 g/mol. The normalized spacial score (nSPS) is 16.4. The van der Waals surface area contributed by atoms with E-state index >= 15 is 0 Å². The molecule has 0 aromatic carbocycles. The highest BCUT2D eigenvalue weighted by molar-refractivity contribution is 8.00. The van der Waals surface area contributed by atoms with Crippen LogP contribution in [-0.2, 0) is 16.1 Å². The zero-order chi connectivity index (χ0) is 11.4. The summed E-state index contributed by atoms with van der Waals surface area (Å²) in [6.07, 6.45) is 3.62. The first kappa shape index (κ1) is 11.3. The van der Waals surface area contributed by atoms with Gasteiger partial charge in [-0.05, 0) is 10.4 Å². The van der Waals surface area contributed by atoms with Crippen LogP contribution in [0.1, 0.15) is 0 Å². The van der Waals surface area contributed by atoms with Gasteiger partial charge in [-0.1, -0.05) is 11.8 Å². The number of nitrogens with zero attached hydrogens (tertiary/aromatic N) is 5. The molecule has 1 saturated heterocycles. The summed E-state index contributed by atoms with van der Waals surface area (Å²) in [6.45, 7) is 2.61. The maximum absolute atomic E-state index is 11.9. The lowest BCUT2D eigenvalue weighted by atomic mass is 10.4. The summed E-state index contributed by atoms with van der Waals surface area (Å²) in [7, 11) is 0. The van der Waals surface area contributed by atoms with Gasteiger partial charge in [0.05, 0.1) is 13.2 Å². The molecular formula is C8H12N5O2S. The van der Waals surface area contributed by atoms with Gasteiger partial charge in [-0.15, -0.1) is 5.10 Å². The van der Waals surface area contributed by atoms with Crippen molar-refractivity contribution in [1.29, 1.82) is 0 Å². The van der Waals surface area contributed by atoms with Crippen molar-refractivity contribution in [3.63, 3.8) is 0 Å². The first-order valence-electron chi connectivity index (χ1n) is 4.85. The molecule has 0 N–H and O–H groups in total. The first-order valence-corrected chi connectivity index (χ1v) is 5.83. The minimum absolute atomic E-state index is 0.00546. The summed E-state index contributed by atoms with van der Waals surface area (Å²) >= 11 is 1.17. The second-order valence-corrected chi connectivity index (χ2v) is 3.91. The monoisotopic (exact) mass is 242 g/mol. The van der Waals surface area contributed by atoms with Crippen LogP contribution < -0.4 is 0 Å². The Morgan fingerprint density at radius 1 is 1.50 bits per heavy atom. The second kappa shape index (κ2) is 5.26. The highest BCUT2D eigenvalue weighted by Gasteiger charge is 2.18. The molecule has 1 aliphatic heterocycles. The SMILES string of the molecule is [CH2]Sc1nnnn1CC(=O)N1CCOCC1. The van der Waals surface area contributed by atoms with E-state index in [2.05, 4.69) is 21.8 Å². The number of tetrazole rings is 1. The average molecular weight is 242 g/mol. The average Bonchev–Trinajstić information content (AvgIpc) is 2.77. The van der Waals surface area contributed by atoms with Crippen LogP contribution in [0.2, 0.25) is 0 Å². The van der Waals surface area contributed by atoms with Gasteiger partial charge >= 0.3 is 0 Å². The Morgan fingerprint density at radius 3 is 2.94 bits per heavy atom. The van der Waals surface area contributed by atoms with Crippen LogP contribution in [0.25, 0.3) is 0 Å². The van der Waals surface area contributed by atoms with Gasteiger partial charge in [0.2, 0.25) is 11.1 Å². The number of morpholine rings is 1. The number of carbonyl (C=O) groups is 1. The van der Waals surface area contributed by atoms with Crippen molar-refractivity contribution < 1.29 is 9.53 Å². The molecule has 1 aromatic heterocycles. The van der Waals surface area contributed by atoms with Gasteiger partial charge in [0.15, 0.2) is 0 Å². The molecule has 1 radical (unpaired) electrons. The molecule has 0 spiro atoms. The summed E-state index contributed by atoms with van der Waals surface area (Å²) in [5, 5.41) is 11.5. The topological polar surface area (TPSA) is 73.1 Å². The number of hydrogen-bond donors (Lipinski definition) is 0. The van der Waals surface area contributed by atoms with E-state index in [9.17, 15) is 4.79 Å². The minimum atomic E-state index is 0.00546. The molecule has 0 atom stereocenters. The van der Waals surface area contributed by atoms with E-state index in [0.29, 0.717) is 31.5 Å². The Morgan fingerprint density at radius 2 is 2.25 bits per heavy atom. The predicted octanol–water partition coefficient (Wildman–Crippen LogP) is -0.584. The minimum Gasteiger partial charge on any atom is -0.378 e. The quantitative estimate of drug-likeness (QED) is 0.660. The highest BCUT2D eigenvalue weighted by Crippen LogP contribution is 2.10. The van der Waals surface area contributed by atoms with Crippen molar-refractivity contribution >= 4 is 17.7 Å². The summed E-state index contributed by atoms with van der Waals surface area (Å²) in [5.74, 6) is 0.00546. The lowest BCUT2D eigenvalue weighted by Crippen LogP contribution is -2.42. The lowest BCUT2D eigenvalue weighted by Gasteiger charge is -2.26. The first-order chi connectivity index (χ1) is 7.81. The van der Waals surface area contributed by atoms with Gasteiger partial charge in [-0.3, -0.25) is 4.79 Å². The third kappa shape index (κ3) is 2.50. The van der Waals surface area contributed by atoms with Crippen molar-refractivity contribution in [2.45, 2.75) is 11.7 Å². The Hall–Kier alpha value is -1.15. The van der Waals surface area contributed by atoms with Crippen LogP contribution >= 0.6 is 11.8 Å². The van der Waals surface area contributed by atoms with E-state index in [0.717, 1.165) is 0 Å². The Bertz CT molecular complexity index is 363. The molecule has 2 rings (SSSR count). The number of ether oxygens (including phenoxy) is 1. The standard InChI is InChI=1S/C8H12N5O2S/c1-16-8-9-10-11-13(8)6-7(14)12-2-4-15-5-3-12/h1-6H2. The highest BCUT2D eigenvalue weighted by atomic mass is 32.2. The van der Waals surface area contributed by atoms with Gasteiger partial charge in [-0.25, -0.2) is 4.68 Å². The summed E-state index contributed by atoms with van der Waals surface area (Å²) in [6, 6.07) is 0. The van der Waals surface area contributed by atoms with E-state index in [4.69, 9.17) is 4.74 Å². The summed E-state index contributed by atoms with van der Waals surface area (Å²) in [5.41, 5.74) is 0. The van der Waals surface area contributed by atoms with Gasteiger partial charge in [0.25, 0.3) is 0 Å². The molecule has 7 nitrogen and oxygen atoms in total. The molecule has 1 aliphatic rings. The van der Waals surface area contributed by atoms with Crippen LogP contribution in [0.15, 0.2) is 5.16 Å². The van der Waals surface area contributed by atoms with Crippen LogP contribution in [0.3, 0.4) is 0 Å². The van der Waals surface area contributed by atoms with Gasteiger partial charge < -0.3 is 9.64 Å². The molecule has 1 fully saturated rings. The number of carbonyl (C=O) groups excluding carboxylic acids is 1. The van der Waals surface area contributed by atoms with Crippen molar-refractivity contribution in [1.82, 2.24) is 25.1 Å². The third-order valence-corrected chi connectivity index (χ3v) is 2.83. The van der Waals surface area contributed by atoms with Gasteiger partial charge in [-0.2, -0.15) is 0 Å². The fourth-order valence-electron chi connectivity index (χ4n) is 1.44. The van der Waals surface area contributed by atoms with Crippen LogP contribution in [0, 0.1) is 6.26 Å². The van der Waals surface area contributed by atoms with Crippen molar-refractivity contribution in [3.8, 4) is 0 Å². The van der Waals surface area contributed by atoms with Crippen LogP contribution in [-0.4, -0.2) is 57.3 Å². The number of amides is 1. The molecule has 1 amide bonds. The fraction of sp³-hybridized carbons (Fsp3) is 0.625. The number of aromatic nitrogens is 4. The number of rotatable bonds is 3. The van der Waals surface area contributed by atoms with Gasteiger partial charge in [0, 0.05) is 19.3 Å². The number of thioether (sulfide) groups is 1. The maximum atomic E-state index is 11.9. The predicted molar refractivity (Wildman–Crippen MR) is 56.4 cm³/mol. The molecule has 0 bridgehead atoms. The van der Waals surface area contributed by atoms with E-state index in [1.54, 1.807) is 4.90 Å². The van der Waals surface area contributed by atoms with Crippen molar-refractivity contribution in [2.24, 2.45) is 0 Å². The van der Waals surface area contributed by atoms with E-state index < -0.39 is 0 Å². The maximum Gasteiger partial charge on any atom is 0.244 e. The zero-order valence-corrected chi connectivity index (χ0v) is 9.52. The number of hydrogen-bond acceptors (Lipinski definition) is 6. The largest absolute Gasteiger partial charge is 0.378 e. The van der Waals surface area contributed by atoms with E-state index in [1.807, 2.05) is 0 Å². The van der Waals surface area contributed by atoms with Crippen molar-refractivity contribution in [2.75, 3.05) is 26.3 Å². The molecule has 0 aliphatic carbocycles. The molecule has 2 heterocycles. The Labute approximate surface area is 97.1 Å². The van der Waals surface area contributed by atoms with Crippen molar-refractivity contribution in [3.05, 3.63) is 6.26 Å². The molecule has 87 valence electrons. The second-order valence-electron chi connectivity index (χ2n) is 3.26. The van der Waals surface area contributed by atoms with E-state index in [1.165, 1.54) is 16.4 Å². The summed E-state index contributed by atoms with van der Waals surface area (Å²) in [4.78, 5) is 13.6. The lowest BCUT2D eigenvalue weighted by molar-refractivity contribution is -0.136.